The highest BCUT2D eigenvalue weighted by atomic mass is 35.5. The van der Waals surface area contributed by atoms with Gasteiger partial charge in [0.2, 0.25) is 5.91 Å². The van der Waals surface area contributed by atoms with Gasteiger partial charge in [-0.3, -0.25) is 9.59 Å². The van der Waals surface area contributed by atoms with Crippen LogP contribution in [0.4, 0.5) is 18.9 Å². The minimum atomic E-state index is -4.51. The number of nitrogens with one attached hydrogen (secondary N) is 2. The van der Waals surface area contributed by atoms with Crippen molar-refractivity contribution in [2.45, 2.75) is 30.8 Å². The predicted octanol–water partition coefficient (Wildman–Crippen LogP) is 5.36. The van der Waals surface area contributed by atoms with Crippen LogP contribution in [0.25, 0.3) is 0 Å². The molecule has 0 spiro atoms. The van der Waals surface area contributed by atoms with Crippen LogP contribution >= 0.6 is 23.4 Å². The van der Waals surface area contributed by atoms with Crippen molar-refractivity contribution in [2.24, 2.45) is 0 Å². The van der Waals surface area contributed by atoms with Gasteiger partial charge in [-0.2, -0.15) is 13.2 Å². The maximum Gasteiger partial charge on any atom is 0.416 e. The predicted molar refractivity (Wildman–Crippen MR) is 128 cm³/mol. The number of thioether (sulfide) groups is 1. The lowest BCUT2D eigenvalue weighted by molar-refractivity contribution is -0.137. The molecule has 3 aromatic rings. The van der Waals surface area contributed by atoms with Crippen molar-refractivity contribution in [3.8, 4) is 0 Å². The van der Waals surface area contributed by atoms with Crippen molar-refractivity contribution >= 4 is 40.9 Å². The number of allylic oxidation sites excluding steroid dienone is 1. The Morgan fingerprint density at radius 2 is 1.91 bits per heavy atom. The molecule has 0 bridgehead atoms. The number of benzene rings is 2. The Kier molecular flexibility index (Phi) is 8.57. The first-order valence-corrected chi connectivity index (χ1v) is 11.6. The molecule has 0 aliphatic carbocycles. The molecule has 0 aliphatic heterocycles. The van der Waals surface area contributed by atoms with Crippen molar-refractivity contribution < 1.29 is 22.8 Å². The third kappa shape index (κ3) is 7.09. The second kappa shape index (κ2) is 11.4. The molecule has 2 N–H and O–H groups in total. The summed E-state index contributed by atoms with van der Waals surface area (Å²) in [6, 6.07) is 10.3. The van der Waals surface area contributed by atoms with Crippen molar-refractivity contribution in [1.29, 1.82) is 0 Å². The van der Waals surface area contributed by atoms with Crippen LogP contribution in [0.5, 0.6) is 0 Å². The molecule has 35 heavy (non-hydrogen) atoms. The van der Waals surface area contributed by atoms with E-state index in [1.807, 2.05) is 0 Å². The van der Waals surface area contributed by atoms with Gasteiger partial charge in [0.15, 0.2) is 11.0 Å². The van der Waals surface area contributed by atoms with Gasteiger partial charge >= 0.3 is 6.18 Å². The third-order valence-electron chi connectivity index (χ3n) is 4.70. The lowest BCUT2D eigenvalue weighted by atomic mass is 10.2. The number of hydrogen-bond donors (Lipinski definition) is 2. The van der Waals surface area contributed by atoms with Gasteiger partial charge in [-0.05, 0) is 49.4 Å². The number of rotatable bonds is 9. The number of anilines is 1. The zero-order valence-electron chi connectivity index (χ0n) is 18.5. The van der Waals surface area contributed by atoms with Gasteiger partial charge in [0, 0.05) is 22.8 Å². The summed E-state index contributed by atoms with van der Waals surface area (Å²) in [4.78, 5) is 24.9. The molecule has 3 rings (SSSR count). The second-order valence-corrected chi connectivity index (χ2v) is 8.74. The molecule has 2 amide bonds. The van der Waals surface area contributed by atoms with E-state index in [9.17, 15) is 22.8 Å². The van der Waals surface area contributed by atoms with Crippen LogP contribution in [0.3, 0.4) is 0 Å². The first-order chi connectivity index (χ1) is 16.6. The monoisotopic (exact) mass is 523 g/mol. The van der Waals surface area contributed by atoms with E-state index in [1.54, 1.807) is 41.8 Å². The molecule has 7 nitrogen and oxygen atoms in total. The number of amides is 2. The van der Waals surface area contributed by atoms with Gasteiger partial charge in [0.1, 0.15) is 0 Å². The average Bonchev–Trinajstić information content (AvgIpc) is 3.20. The van der Waals surface area contributed by atoms with Crippen molar-refractivity contribution in [3.05, 3.63) is 83.2 Å². The minimum absolute atomic E-state index is 0.0391. The number of nitrogens with zero attached hydrogens (tertiary/aromatic N) is 3. The molecule has 2 aromatic carbocycles. The second-order valence-electron chi connectivity index (χ2n) is 7.36. The highest BCUT2D eigenvalue weighted by molar-refractivity contribution is 7.99. The van der Waals surface area contributed by atoms with Gasteiger partial charge in [0.25, 0.3) is 5.91 Å². The van der Waals surface area contributed by atoms with Gasteiger partial charge < -0.3 is 15.2 Å². The number of carbonyl (C=O) groups excluding carboxylic acids is 2. The summed E-state index contributed by atoms with van der Waals surface area (Å²) >= 11 is 6.92. The van der Waals surface area contributed by atoms with E-state index >= 15 is 0 Å². The van der Waals surface area contributed by atoms with Crippen LogP contribution in [-0.4, -0.2) is 32.3 Å². The van der Waals surface area contributed by atoms with Crippen molar-refractivity contribution in [1.82, 2.24) is 20.1 Å². The molecule has 0 aliphatic rings. The van der Waals surface area contributed by atoms with Crippen molar-refractivity contribution in [3.63, 3.8) is 0 Å². The molecule has 0 unspecified atom stereocenters. The third-order valence-corrected chi connectivity index (χ3v) is 5.92. The molecule has 1 atom stereocenters. The molecule has 0 radical (unpaired) electrons. The fourth-order valence-electron chi connectivity index (χ4n) is 3.07. The van der Waals surface area contributed by atoms with Crippen molar-refractivity contribution in [2.75, 3.05) is 11.1 Å². The molecule has 0 saturated heterocycles. The van der Waals surface area contributed by atoms with E-state index < -0.39 is 23.7 Å². The summed E-state index contributed by atoms with van der Waals surface area (Å²) in [5, 5.41) is 14.4. The average molecular weight is 524 g/mol. The molecule has 0 fully saturated rings. The summed E-state index contributed by atoms with van der Waals surface area (Å²) in [7, 11) is 0. The van der Waals surface area contributed by atoms with E-state index in [-0.39, 0.29) is 17.3 Å². The Bertz CT molecular complexity index is 1210. The number of alkyl halides is 3. The SMILES string of the molecule is C=CCn1c(SCC(=O)Nc2cccc(C(F)(F)F)c2)nnc1[C@H](C)NC(=O)c1ccc(Cl)cc1. The number of aromatic nitrogens is 3. The maximum atomic E-state index is 12.9. The first-order valence-electron chi connectivity index (χ1n) is 10.3. The fraction of sp³-hybridized carbons (Fsp3) is 0.217. The summed E-state index contributed by atoms with van der Waals surface area (Å²) in [5.74, 6) is -0.491. The Labute approximate surface area is 208 Å². The molecule has 0 saturated carbocycles. The van der Waals surface area contributed by atoms with Crippen LogP contribution < -0.4 is 10.6 Å². The fourth-order valence-corrected chi connectivity index (χ4v) is 3.95. The summed E-state index contributed by atoms with van der Waals surface area (Å²) < 4.78 is 40.3. The lowest BCUT2D eigenvalue weighted by Gasteiger charge is -2.15. The van der Waals surface area contributed by atoms with E-state index in [0.29, 0.717) is 28.1 Å². The van der Waals surface area contributed by atoms with Crippen LogP contribution in [0.15, 0.2) is 66.3 Å². The maximum absolute atomic E-state index is 12.9. The minimum Gasteiger partial charge on any atom is -0.342 e. The molecular formula is C23H21ClF3N5O2S. The van der Waals surface area contributed by atoms with E-state index in [4.69, 9.17) is 11.6 Å². The Balaban J connectivity index is 1.66. The van der Waals surface area contributed by atoms with Crippen LogP contribution in [0.2, 0.25) is 5.02 Å². The normalized spacial score (nSPS) is 12.1. The topological polar surface area (TPSA) is 88.9 Å². The van der Waals surface area contributed by atoms with E-state index in [1.165, 1.54) is 12.1 Å². The number of carbonyl (C=O) groups is 2. The summed E-state index contributed by atoms with van der Waals surface area (Å²) in [6.45, 7) is 5.78. The van der Waals surface area contributed by atoms with Gasteiger partial charge in [-0.25, -0.2) is 0 Å². The van der Waals surface area contributed by atoms with Gasteiger partial charge in [-0.15, -0.1) is 16.8 Å². The Morgan fingerprint density at radius 3 is 2.57 bits per heavy atom. The quantitative estimate of drug-likeness (QED) is 0.291. The number of halogens is 4. The zero-order valence-corrected chi connectivity index (χ0v) is 20.0. The molecule has 184 valence electrons. The lowest BCUT2D eigenvalue weighted by Crippen LogP contribution is -2.28. The van der Waals surface area contributed by atoms with E-state index in [2.05, 4.69) is 27.4 Å². The molecular weight excluding hydrogens is 503 g/mol. The summed E-state index contributed by atoms with van der Waals surface area (Å²) in [5.41, 5.74) is -0.387. The van der Waals surface area contributed by atoms with Crippen LogP contribution in [0, 0.1) is 0 Å². The summed E-state index contributed by atoms with van der Waals surface area (Å²) in [6.07, 6.45) is -2.89. The van der Waals surface area contributed by atoms with Gasteiger partial charge in [-0.1, -0.05) is 35.5 Å². The molecule has 1 aromatic heterocycles. The smallest absolute Gasteiger partial charge is 0.342 e. The largest absolute Gasteiger partial charge is 0.416 e. The first kappa shape index (κ1) is 26.3. The Hall–Kier alpha value is -3.31. The zero-order chi connectivity index (χ0) is 25.6. The molecule has 12 heteroatoms. The van der Waals surface area contributed by atoms with Crippen LogP contribution in [-0.2, 0) is 17.5 Å². The standard InChI is InChI=1S/C23H21ClF3N5O2S/c1-3-11-32-20(14(2)28-21(34)15-7-9-17(24)10-8-15)30-31-22(32)35-13-19(33)29-18-6-4-5-16(12-18)23(25,26)27/h3-10,12,14H,1,11,13H2,2H3,(H,28,34)(H,29,33)/t14-/m0/s1. The van der Waals surface area contributed by atoms with Crippen LogP contribution in [0.1, 0.15) is 34.7 Å². The molecule has 1 heterocycles. The number of hydrogen-bond acceptors (Lipinski definition) is 5. The highest BCUT2D eigenvalue weighted by Gasteiger charge is 2.30. The van der Waals surface area contributed by atoms with E-state index in [0.717, 1.165) is 23.9 Å². The van der Waals surface area contributed by atoms with Gasteiger partial charge in [0.05, 0.1) is 17.4 Å². The Morgan fingerprint density at radius 1 is 1.20 bits per heavy atom. The highest BCUT2D eigenvalue weighted by Crippen LogP contribution is 2.30.